The van der Waals surface area contributed by atoms with Gasteiger partial charge in [-0.3, -0.25) is 14.4 Å². The monoisotopic (exact) mass is 494 g/mol. The zero-order valence-electron chi connectivity index (χ0n) is 19.8. The molecule has 2 aromatic carbocycles. The first-order valence-electron chi connectivity index (χ1n) is 12.5. The number of piperidine rings is 1. The Hall–Kier alpha value is -3.06. The Morgan fingerprint density at radius 3 is 2.20 bits per heavy atom. The number of nitrogens with zero attached hydrogens (tertiary/aromatic N) is 3. The quantitative estimate of drug-likeness (QED) is 0.673. The predicted octanol–water partition coefficient (Wildman–Crippen LogP) is 4.28. The van der Waals surface area contributed by atoms with Crippen LogP contribution >= 0.6 is 11.6 Å². The summed E-state index contributed by atoms with van der Waals surface area (Å²) in [6.07, 6.45) is 5.17. The van der Waals surface area contributed by atoms with Crippen LogP contribution in [-0.4, -0.2) is 66.8 Å². The van der Waals surface area contributed by atoms with Gasteiger partial charge in [-0.05, 0) is 62.4 Å². The number of likely N-dealkylation sites (tertiary alicyclic amines) is 1. The van der Waals surface area contributed by atoms with Gasteiger partial charge in [0.25, 0.3) is 11.8 Å². The van der Waals surface area contributed by atoms with Crippen LogP contribution in [0.5, 0.6) is 0 Å². The number of carbonyl (C=O) groups is 3. The maximum atomic E-state index is 13.6. The molecule has 35 heavy (non-hydrogen) atoms. The minimum Gasteiger partial charge on any atom is -0.367 e. The highest BCUT2D eigenvalue weighted by Gasteiger charge is 2.35. The highest BCUT2D eigenvalue weighted by atomic mass is 35.5. The van der Waals surface area contributed by atoms with Gasteiger partial charge in [0.2, 0.25) is 5.91 Å². The smallest absolute Gasteiger partial charge is 0.257 e. The van der Waals surface area contributed by atoms with E-state index in [9.17, 15) is 14.4 Å². The summed E-state index contributed by atoms with van der Waals surface area (Å²) in [4.78, 5) is 44.9. The fraction of sp³-hybridized carbons (Fsp3) is 0.444. The SMILES string of the molecule is O=C(Nc1ccc(N2CCN(C(=O)C3CC3)CC2)c(C(=O)N2CCCCC2)c1)c1ccccc1Cl. The van der Waals surface area contributed by atoms with E-state index in [1.54, 1.807) is 30.3 Å². The molecule has 2 saturated heterocycles. The lowest BCUT2D eigenvalue weighted by molar-refractivity contribution is -0.132. The standard InChI is InChI=1S/C27H31ClN4O3/c28-23-7-3-2-6-21(23)25(33)29-20-10-11-24(22(18-20)27(35)31-12-4-1-5-13-31)30-14-16-32(17-15-30)26(34)19-8-9-19/h2-3,6-7,10-11,18-19H,1,4-5,8-9,12-17H2,(H,29,33). The molecule has 1 N–H and O–H groups in total. The Morgan fingerprint density at radius 1 is 0.800 bits per heavy atom. The zero-order chi connectivity index (χ0) is 24.4. The van der Waals surface area contributed by atoms with E-state index < -0.39 is 0 Å². The minimum absolute atomic E-state index is 0.00923. The first-order chi connectivity index (χ1) is 17.0. The molecule has 2 heterocycles. The summed E-state index contributed by atoms with van der Waals surface area (Å²) in [5.74, 6) is 0.169. The molecule has 0 unspecified atom stereocenters. The zero-order valence-corrected chi connectivity index (χ0v) is 20.6. The van der Waals surface area contributed by atoms with Crippen molar-refractivity contribution < 1.29 is 14.4 Å². The van der Waals surface area contributed by atoms with E-state index in [0.29, 0.717) is 48.0 Å². The van der Waals surface area contributed by atoms with Gasteiger partial charge in [-0.1, -0.05) is 23.7 Å². The Kier molecular flexibility index (Phi) is 6.95. The van der Waals surface area contributed by atoms with Crippen molar-refractivity contribution in [2.24, 2.45) is 5.92 Å². The van der Waals surface area contributed by atoms with Gasteiger partial charge in [0.1, 0.15) is 0 Å². The van der Waals surface area contributed by atoms with Crippen molar-refractivity contribution in [3.8, 4) is 0 Å². The molecule has 2 aromatic rings. The highest BCUT2D eigenvalue weighted by Crippen LogP contribution is 2.32. The lowest BCUT2D eigenvalue weighted by Gasteiger charge is -2.37. The molecule has 3 aliphatic rings. The van der Waals surface area contributed by atoms with Gasteiger partial charge in [-0.25, -0.2) is 0 Å². The third kappa shape index (κ3) is 5.30. The van der Waals surface area contributed by atoms with E-state index in [0.717, 1.165) is 50.9 Å². The van der Waals surface area contributed by atoms with Gasteiger partial charge in [0.05, 0.1) is 16.1 Å². The topological polar surface area (TPSA) is 73.0 Å². The summed E-state index contributed by atoms with van der Waals surface area (Å²) < 4.78 is 0. The number of amides is 3. The molecule has 184 valence electrons. The van der Waals surface area contributed by atoms with Crippen LogP contribution in [0.25, 0.3) is 0 Å². The number of hydrogen-bond acceptors (Lipinski definition) is 4. The number of carbonyl (C=O) groups excluding carboxylic acids is 3. The van der Waals surface area contributed by atoms with Crippen LogP contribution in [0, 0.1) is 5.92 Å². The normalized spacial score (nSPS) is 18.4. The molecule has 0 radical (unpaired) electrons. The Bertz CT molecular complexity index is 1120. The second-order valence-corrected chi connectivity index (χ2v) is 10.0. The largest absolute Gasteiger partial charge is 0.367 e. The van der Waals surface area contributed by atoms with Gasteiger partial charge < -0.3 is 20.0 Å². The van der Waals surface area contributed by atoms with Crippen LogP contribution in [0.3, 0.4) is 0 Å². The van der Waals surface area contributed by atoms with Crippen LogP contribution < -0.4 is 10.2 Å². The molecule has 1 aliphatic carbocycles. The number of anilines is 2. The fourth-order valence-corrected chi connectivity index (χ4v) is 5.15. The van der Waals surface area contributed by atoms with Gasteiger partial charge in [0, 0.05) is 56.6 Å². The van der Waals surface area contributed by atoms with Crippen molar-refractivity contribution in [1.82, 2.24) is 9.80 Å². The molecule has 3 amide bonds. The fourth-order valence-electron chi connectivity index (χ4n) is 4.93. The number of rotatable bonds is 5. The third-order valence-electron chi connectivity index (χ3n) is 7.11. The van der Waals surface area contributed by atoms with E-state index in [-0.39, 0.29) is 23.6 Å². The molecule has 7 nitrogen and oxygen atoms in total. The van der Waals surface area contributed by atoms with Gasteiger partial charge in [-0.2, -0.15) is 0 Å². The third-order valence-corrected chi connectivity index (χ3v) is 7.43. The summed E-state index contributed by atoms with van der Waals surface area (Å²) in [5, 5.41) is 3.28. The summed E-state index contributed by atoms with van der Waals surface area (Å²) in [6, 6.07) is 12.4. The predicted molar refractivity (Wildman–Crippen MR) is 137 cm³/mol. The van der Waals surface area contributed by atoms with Crippen molar-refractivity contribution in [1.29, 1.82) is 0 Å². The second kappa shape index (κ2) is 10.3. The molecule has 0 spiro atoms. The Morgan fingerprint density at radius 2 is 1.51 bits per heavy atom. The Labute approximate surface area is 211 Å². The molecule has 2 aliphatic heterocycles. The molecule has 0 aromatic heterocycles. The van der Waals surface area contributed by atoms with Gasteiger partial charge >= 0.3 is 0 Å². The molecule has 8 heteroatoms. The average molecular weight is 495 g/mol. The van der Waals surface area contributed by atoms with E-state index in [4.69, 9.17) is 11.6 Å². The van der Waals surface area contributed by atoms with Crippen molar-refractivity contribution in [2.45, 2.75) is 32.1 Å². The van der Waals surface area contributed by atoms with Gasteiger partial charge in [0.15, 0.2) is 0 Å². The summed E-state index contributed by atoms with van der Waals surface area (Å²) in [5.41, 5.74) is 2.39. The lowest BCUT2D eigenvalue weighted by atomic mass is 10.0. The van der Waals surface area contributed by atoms with Crippen LogP contribution in [0.1, 0.15) is 52.8 Å². The molecular formula is C27H31ClN4O3. The average Bonchev–Trinajstić information content (AvgIpc) is 3.74. The van der Waals surface area contributed by atoms with Crippen molar-refractivity contribution in [3.63, 3.8) is 0 Å². The van der Waals surface area contributed by atoms with E-state index in [1.807, 2.05) is 21.9 Å². The molecule has 0 bridgehead atoms. The summed E-state index contributed by atoms with van der Waals surface area (Å²) in [6.45, 7) is 4.19. The molecular weight excluding hydrogens is 464 g/mol. The maximum Gasteiger partial charge on any atom is 0.257 e. The summed E-state index contributed by atoms with van der Waals surface area (Å²) >= 11 is 6.20. The number of hydrogen-bond donors (Lipinski definition) is 1. The van der Waals surface area contributed by atoms with Crippen LogP contribution in [0.2, 0.25) is 5.02 Å². The minimum atomic E-state index is -0.313. The van der Waals surface area contributed by atoms with Crippen molar-refractivity contribution >= 4 is 40.7 Å². The number of nitrogens with one attached hydrogen (secondary N) is 1. The van der Waals surface area contributed by atoms with Crippen LogP contribution in [0.15, 0.2) is 42.5 Å². The van der Waals surface area contributed by atoms with E-state index >= 15 is 0 Å². The van der Waals surface area contributed by atoms with E-state index in [1.165, 1.54) is 0 Å². The first kappa shape index (κ1) is 23.7. The molecule has 0 atom stereocenters. The van der Waals surface area contributed by atoms with Crippen molar-refractivity contribution in [3.05, 3.63) is 58.6 Å². The second-order valence-electron chi connectivity index (χ2n) is 9.61. The van der Waals surface area contributed by atoms with Gasteiger partial charge in [-0.15, -0.1) is 0 Å². The highest BCUT2D eigenvalue weighted by molar-refractivity contribution is 6.34. The first-order valence-corrected chi connectivity index (χ1v) is 12.9. The molecule has 3 fully saturated rings. The van der Waals surface area contributed by atoms with Crippen molar-refractivity contribution in [2.75, 3.05) is 49.5 Å². The maximum absolute atomic E-state index is 13.6. The number of halogens is 1. The van der Waals surface area contributed by atoms with E-state index in [2.05, 4.69) is 10.2 Å². The molecule has 1 saturated carbocycles. The Balaban J connectivity index is 1.38. The number of piperazine rings is 1. The molecule has 5 rings (SSSR count). The summed E-state index contributed by atoms with van der Waals surface area (Å²) in [7, 11) is 0. The number of benzene rings is 2. The van der Waals surface area contributed by atoms with Crippen LogP contribution in [-0.2, 0) is 4.79 Å². The lowest BCUT2D eigenvalue weighted by Crippen LogP contribution is -2.49. The van der Waals surface area contributed by atoms with Crippen LogP contribution in [0.4, 0.5) is 11.4 Å².